The highest BCUT2D eigenvalue weighted by molar-refractivity contribution is 5.73. The van der Waals surface area contributed by atoms with Crippen molar-refractivity contribution in [2.24, 2.45) is 0 Å². The van der Waals surface area contributed by atoms with Crippen molar-refractivity contribution in [1.82, 2.24) is 10.2 Å². The number of carbonyl (C=O) groups is 1. The maximum atomic E-state index is 11.3. The highest BCUT2D eigenvalue weighted by Crippen LogP contribution is 2.23. The van der Waals surface area contributed by atoms with Crippen LogP contribution in [0.2, 0.25) is 0 Å². The van der Waals surface area contributed by atoms with Crippen molar-refractivity contribution in [3.8, 4) is 0 Å². The summed E-state index contributed by atoms with van der Waals surface area (Å²) in [5, 5.41) is 3.69. The minimum Gasteiger partial charge on any atom is -0.321 e. The number of urea groups is 1. The van der Waals surface area contributed by atoms with E-state index < -0.39 is 0 Å². The van der Waals surface area contributed by atoms with Gasteiger partial charge >= 0.3 is 6.03 Å². The molecule has 1 aliphatic rings. The summed E-state index contributed by atoms with van der Waals surface area (Å²) in [6.45, 7) is 2.81. The van der Waals surface area contributed by atoms with Gasteiger partial charge in [0.1, 0.15) is 0 Å². The summed E-state index contributed by atoms with van der Waals surface area (Å²) in [5.41, 5.74) is 0. The zero-order valence-electron chi connectivity index (χ0n) is 7.92. The molecule has 1 radical (unpaired) electrons. The molecule has 3 heteroatoms. The van der Waals surface area contributed by atoms with Crippen LogP contribution < -0.4 is 5.32 Å². The van der Waals surface area contributed by atoms with E-state index in [-0.39, 0.29) is 6.03 Å². The minimum absolute atomic E-state index is 0.0515. The largest absolute Gasteiger partial charge is 0.338 e. The lowest BCUT2D eigenvalue weighted by atomic mass is 10.2. The fourth-order valence-corrected chi connectivity index (χ4v) is 1.89. The van der Waals surface area contributed by atoms with Crippen LogP contribution in [0.4, 0.5) is 4.79 Å². The molecule has 0 aromatic rings. The zero-order chi connectivity index (χ0) is 8.97. The fourth-order valence-electron chi connectivity index (χ4n) is 1.89. The lowest BCUT2D eigenvalue weighted by molar-refractivity contribution is 0.180. The molecule has 0 aliphatic heterocycles. The molecular formula is C9H17N2O. The third kappa shape index (κ3) is 1.90. The molecule has 1 aliphatic carbocycles. The number of hydrogen-bond donors (Lipinski definition) is 0. The molecule has 1 rings (SSSR count). The van der Waals surface area contributed by atoms with Gasteiger partial charge < -0.3 is 4.90 Å². The molecule has 0 unspecified atom stereocenters. The Morgan fingerprint density at radius 2 is 2.08 bits per heavy atom. The van der Waals surface area contributed by atoms with Gasteiger partial charge in [-0.2, -0.15) is 0 Å². The van der Waals surface area contributed by atoms with Crippen molar-refractivity contribution >= 4 is 6.03 Å². The van der Waals surface area contributed by atoms with Gasteiger partial charge in [-0.05, 0) is 19.8 Å². The Bertz CT molecular complexity index is 153. The zero-order valence-corrected chi connectivity index (χ0v) is 7.92. The second-order valence-corrected chi connectivity index (χ2v) is 3.23. The summed E-state index contributed by atoms with van der Waals surface area (Å²) in [6, 6.07) is 0.413. The molecule has 0 heterocycles. The molecule has 0 bridgehead atoms. The van der Waals surface area contributed by atoms with E-state index >= 15 is 0 Å². The molecule has 1 fully saturated rings. The summed E-state index contributed by atoms with van der Waals surface area (Å²) in [6.07, 6.45) is 4.85. The first-order valence-electron chi connectivity index (χ1n) is 4.70. The van der Waals surface area contributed by atoms with Crippen LogP contribution in [0, 0.1) is 0 Å². The highest BCUT2D eigenvalue weighted by Gasteiger charge is 2.24. The molecular weight excluding hydrogens is 152 g/mol. The van der Waals surface area contributed by atoms with Gasteiger partial charge in [-0.3, -0.25) is 0 Å². The number of carbonyl (C=O) groups excluding carboxylic acids is 1. The lowest BCUT2D eigenvalue weighted by Gasteiger charge is -2.26. The van der Waals surface area contributed by atoms with E-state index in [1.165, 1.54) is 12.8 Å². The van der Waals surface area contributed by atoms with Crippen LogP contribution in [0.5, 0.6) is 0 Å². The van der Waals surface area contributed by atoms with Gasteiger partial charge in [-0.1, -0.05) is 12.8 Å². The number of hydrogen-bond acceptors (Lipinski definition) is 1. The van der Waals surface area contributed by atoms with Gasteiger partial charge in [0.2, 0.25) is 0 Å². The Hall–Kier alpha value is -0.730. The first-order chi connectivity index (χ1) is 5.79. The average Bonchev–Trinajstić information content (AvgIpc) is 2.58. The topological polar surface area (TPSA) is 34.4 Å². The quantitative estimate of drug-likeness (QED) is 0.618. The highest BCUT2D eigenvalue weighted by atomic mass is 16.2. The number of rotatable bonds is 2. The van der Waals surface area contributed by atoms with Gasteiger partial charge in [0.15, 0.2) is 0 Å². The predicted octanol–water partition coefficient (Wildman–Crippen LogP) is 1.61. The van der Waals surface area contributed by atoms with Gasteiger partial charge in [-0.25, -0.2) is 10.1 Å². The van der Waals surface area contributed by atoms with E-state index in [9.17, 15) is 4.79 Å². The Kier molecular flexibility index (Phi) is 3.38. The predicted molar refractivity (Wildman–Crippen MR) is 48.1 cm³/mol. The molecule has 0 atom stereocenters. The lowest BCUT2D eigenvalue weighted by Crippen LogP contribution is -2.41. The van der Waals surface area contributed by atoms with Crippen LogP contribution in [0.25, 0.3) is 0 Å². The van der Waals surface area contributed by atoms with E-state index in [2.05, 4.69) is 5.32 Å². The molecule has 0 aromatic heterocycles. The van der Waals surface area contributed by atoms with E-state index in [1.807, 2.05) is 11.8 Å². The van der Waals surface area contributed by atoms with Crippen LogP contribution in [-0.2, 0) is 0 Å². The van der Waals surface area contributed by atoms with Crippen molar-refractivity contribution in [2.45, 2.75) is 38.6 Å². The Balaban J connectivity index is 2.48. The molecule has 3 nitrogen and oxygen atoms in total. The summed E-state index contributed by atoms with van der Waals surface area (Å²) >= 11 is 0. The van der Waals surface area contributed by atoms with Crippen LogP contribution in [0.3, 0.4) is 0 Å². The van der Waals surface area contributed by atoms with Crippen LogP contribution in [0.1, 0.15) is 32.6 Å². The third-order valence-corrected chi connectivity index (χ3v) is 2.54. The Morgan fingerprint density at radius 1 is 1.50 bits per heavy atom. The second-order valence-electron chi connectivity index (χ2n) is 3.23. The summed E-state index contributed by atoms with van der Waals surface area (Å²) in [7, 11) is 1.57. The van der Waals surface area contributed by atoms with E-state index in [4.69, 9.17) is 0 Å². The van der Waals surface area contributed by atoms with E-state index in [0.29, 0.717) is 6.04 Å². The minimum atomic E-state index is -0.0515. The van der Waals surface area contributed by atoms with Crippen LogP contribution in [0.15, 0.2) is 0 Å². The average molecular weight is 169 g/mol. The Morgan fingerprint density at radius 3 is 2.50 bits per heavy atom. The van der Waals surface area contributed by atoms with Gasteiger partial charge in [-0.15, -0.1) is 0 Å². The monoisotopic (exact) mass is 169 g/mol. The van der Waals surface area contributed by atoms with Crippen molar-refractivity contribution in [1.29, 1.82) is 0 Å². The van der Waals surface area contributed by atoms with Crippen molar-refractivity contribution < 1.29 is 4.79 Å². The number of nitrogens with zero attached hydrogens (tertiary/aromatic N) is 2. The SMILES string of the molecule is CCN(C(=O)[N]C)C1CCCC1. The molecule has 2 amide bonds. The maximum absolute atomic E-state index is 11.3. The maximum Gasteiger partial charge on any atom is 0.338 e. The Labute approximate surface area is 74.1 Å². The third-order valence-electron chi connectivity index (χ3n) is 2.54. The van der Waals surface area contributed by atoms with Crippen molar-refractivity contribution in [3.05, 3.63) is 0 Å². The molecule has 0 aromatic carbocycles. The molecule has 0 saturated heterocycles. The van der Waals surface area contributed by atoms with Crippen LogP contribution in [-0.4, -0.2) is 30.6 Å². The molecule has 0 spiro atoms. The molecule has 0 N–H and O–H groups in total. The van der Waals surface area contributed by atoms with E-state index in [0.717, 1.165) is 19.4 Å². The number of amides is 2. The first-order valence-corrected chi connectivity index (χ1v) is 4.70. The normalized spacial score (nSPS) is 17.8. The fraction of sp³-hybridized carbons (Fsp3) is 0.889. The molecule has 1 saturated carbocycles. The van der Waals surface area contributed by atoms with Crippen LogP contribution >= 0.6 is 0 Å². The van der Waals surface area contributed by atoms with Gasteiger partial charge in [0.25, 0.3) is 0 Å². The summed E-state index contributed by atoms with van der Waals surface area (Å²) in [5.74, 6) is 0. The molecule has 69 valence electrons. The summed E-state index contributed by atoms with van der Waals surface area (Å²) in [4.78, 5) is 13.2. The van der Waals surface area contributed by atoms with Gasteiger partial charge in [0.05, 0.1) is 0 Å². The second kappa shape index (κ2) is 4.33. The smallest absolute Gasteiger partial charge is 0.321 e. The van der Waals surface area contributed by atoms with Crippen molar-refractivity contribution in [3.63, 3.8) is 0 Å². The standard InChI is InChI=1S/C9H17N2O/c1-3-11(9(12)10-2)8-6-4-5-7-8/h8H,3-7H2,1-2H3. The molecule has 12 heavy (non-hydrogen) atoms. The van der Waals surface area contributed by atoms with Crippen molar-refractivity contribution in [2.75, 3.05) is 13.6 Å². The van der Waals surface area contributed by atoms with Gasteiger partial charge in [0, 0.05) is 19.6 Å². The summed E-state index contributed by atoms with van der Waals surface area (Å²) < 4.78 is 0. The van der Waals surface area contributed by atoms with E-state index in [1.54, 1.807) is 7.05 Å². The first kappa shape index (κ1) is 9.36.